The number of nitrogens with zero attached hydrogens (tertiary/aromatic N) is 1. The van der Waals surface area contributed by atoms with Crippen molar-refractivity contribution in [3.05, 3.63) is 60.8 Å². The largest absolute Gasteiger partial charge is 0.544 e. The normalized spacial score (nSPS) is 13.5. The molecule has 0 aromatic carbocycles. The highest BCUT2D eigenvalue weighted by Gasteiger charge is 2.25. The van der Waals surface area contributed by atoms with Crippen LogP contribution in [0.2, 0.25) is 0 Å². The number of carbonyl (C=O) groups excluding carboxylic acids is 3. The molecule has 0 spiro atoms. The van der Waals surface area contributed by atoms with Crippen LogP contribution >= 0.6 is 0 Å². The molecule has 0 aliphatic rings. The van der Waals surface area contributed by atoms with Crippen LogP contribution in [0.3, 0.4) is 0 Å². The molecule has 0 saturated carbocycles. The summed E-state index contributed by atoms with van der Waals surface area (Å²) in [6, 6.07) is -0.728. The van der Waals surface area contributed by atoms with Crippen molar-refractivity contribution in [1.29, 1.82) is 0 Å². The Morgan fingerprint density at radius 2 is 0.982 bits per heavy atom. The second-order valence-corrected chi connectivity index (χ2v) is 16.3. The Balaban J connectivity index is 4.29. The molecule has 2 unspecified atom stereocenters. The van der Waals surface area contributed by atoms with Crippen molar-refractivity contribution in [3.8, 4) is 0 Å². The third-order valence-corrected chi connectivity index (χ3v) is 9.92. The molecule has 8 heteroatoms. The quantitative estimate of drug-likeness (QED) is 0.0263. The summed E-state index contributed by atoms with van der Waals surface area (Å²) in [6.07, 6.45) is 48.1. The van der Waals surface area contributed by atoms with Crippen LogP contribution in [-0.4, -0.2) is 75.5 Å². The molecule has 0 amide bonds. The first kappa shape index (κ1) is 54.0. The van der Waals surface area contributed by atoms with E-state index in [0.29, 0.717) is 12.8 Å². The molecular formula is C49H85NO7. The van der Waals surface area contributed by atoms with E-state index in [1.54, 1.807) is 21.1 Å². The van der Waals surface area contributed by atoms with Gasteiger partial charge in [0.1, 0.15) is 12.6 Å². The maximum Gasteiger partial charge on any atom is 0.306 e. The van der Waals surface area contributed by atoms with Crippen LogP contribution in [0, 0.1) is 0 Å². The molecule has 57 heavy (non-hydrogen) atoms. The van der Waals surface area contributed by atoms with E-state index in [0.717, 1.165) is 83.5 Å². The highest BCUT2D eigenvalue weighted by molar-refractivity contribution is 5.70. The predicted molar refractivity (Wildman–Crippen MR) is 236 cm³/mol. The SMILES string of the molecule is CC/C=C/C/C=C/C/C=C/C/C=C/C/C=C/CCCCCCCCC(=O)OCC(COCCC(C(=O)[O-])[N+](C)(C)C)OC(=O)CCCCCCCCCCCCC. The number of carbonyl (C=O) groups is 3. The number of hydrogen-bond donors (Lipinski definition) is 0. The summed E-state index contributed by atoms with van der Waals surface area (Å²) in [6.45, 7) is 4.52. The molecule has 0 heterocycles. The van der Waals surface area contributed by atoms with Gasteiger partial charge in [0.15, 0.2) is 6.10 Å². The Morgan fingerprint density at radius 3 is 1.46 bits per heavy atom. The molecule has 0 aliphatic carbocycles. The van der Waals surface area contributed by atoms with Gasteiger partial charge < -0.3 is 28.6 Å². The Labute approximate surface area is 349 Å². The van der Waals surface area contributed by atoms with Crippen LogP contribution in [0.4, 0.5) is 0 Å². The molecule has 0 saturated heterocycles. The van der Waals surface area contributed by atoms with Crippen LogP contribution in [-0.2, 0) is 28.6 Å². The number of rotatable bonds is 40. The zero-order valence-electron chi connectivity index (χ0n) is 37.2. The van der Waals surface area contributed by atoms with Gasteiger partial charge in [-0.05, 0) is 57.8 Å². The fourth-order valence-electron chi connectivity index (χ4n) is 6.39. The number of carboxylic acids is 1. The lowest BCUT2D eigenvalue weighted by atomic mass is 10.1. The molecule has 8 nitrogen and oxygen atoms in total. The van der Waals surface area contributed by atoms with E-state index in [1.807, 2.05) is 0 Å². The minimum Gasteiger partial charge on any atom is -0.544 e. The number of esters is 2. The second-order valence-electron chi connectivity index (χ2n) is 16.3. The van der Waals surface area contributed by atoms with Crippen molar-refractivity contribution in [2.75, 3.05) is 41.0 Å². The summed E-state index contributed by atoms with van der Waals surface area (Å²) in [5.41, 5.74) is 0. The van der Waals surface area contributed by atoms with E-state index < -0.39 is 18.1 Å². The fourth-order valence-corrected chi connectivity index (χ4v) is 6.39. The van der Waals surface area contributed by atoms with Crippen LogP contribution in [0.25, 0.3) is 0 Å². The highest BCUT2D eigenvalue weighted by atomic mass is 16.6. The highest BCUT2D eigenvalue weighted by Crippen LogP contribution is 2.14. The van der Waals surface area contributed by atoms with E-state index in [9.17, 15) is 19.5 Å². The van der Waals surface area contributed by atoms with Gasteiger partial charge in [-0.3, -0.25) is 9.59 Å². The summed E-state index contributed by atoms with van der Waals surface area (Å²) in [5.74, 6) is -1.76. The van der Waals surface area contributed by atoms with E-state index >= 15 is 0 Å². The van der Waals surface area contributed by atoms with Crippen LogP contribution in [0.15, 0.2) is 60.8 Å². The number of carboxylic acid groups (broad SMARTS) is 1. The van der Waals surface area contributed by atoms with Gasteiger partial charge in [0.2, 0.25) is 0 Å². The molecule has 0 fully saturated rings. The number of aliphatic carboxylic acids is 1. The summed E-state index contributed by atoms with van der Waals surface area (Å²) in [5, 5.41) is 11.6. The van der Waals surface area contributed by atoms with Crippen molar-refractivity contribution in [2.24, 2.45) is 0 Å². The van der Waals surface area contributed by atoms with E-state index in [-0.39, 0.29) is 42.7 Å². The minimum absolute atomic E-state index is 0.0355. The van der Waals surface area contributed by atoms with Gasteiger partial charge in [0.25, 0.3) is 0 Å². The lowest BCUT2D eigenvalue weighted by Gasteiger charge is -2.34. The van der Waals surface area contributed by atoms with Crippen molar-refractivity contribution >= 4 is 17.9 Å². The molecular weight excluding hydrogens is 715 g/mol. The van der Waals surface area contributed by atoms with E-state index in [2.05, 4.69) is 74.6 Å². The van der Waals surface area contributed by atoms with Crippen molar-refractivity contribution in [1.82, 2.24) is 0 Å². The Bertz CT molecular complexity index is 1120. The fraction of sp³-hybridized carbons (Fsp3) is 0.735. The van der Waals surface area contributed by atoms with Crippen molar-refractivity contribution < 1.29 is 38.2 Å². The van der Waals surface area contributed by atoms with Crippen molar-refractivity contribution in [3.63, 3.8) is 0 Å². The van der Waals surface area contributed by atoms with Crippen molar-refractivity contribution in [2.45, 2.75) is 193 Å². The van der Waals surface area contributed by atoms with Crippen LogP contribution in [0.1, 0.15) is 181 Å². The number of hydrogen-bond acceptors (Lipinski definition) is 7. The number of ether oxygens (including phenoxy) is 3. The third kappa shape index (κ3) is 38.3. The van der Waals surface area contributed by atoms with Crippen LogP contribution < -0.4 is 5.11 Å². The van der Waals surface area contributed by atoms with Gasteiger partial charge in [-0.25, -0.2) is 0 Å². The minimum atomic E-state index is -1.13. The molecule has 0 bridgehead atoms. The summed E-state index contributed by atoms with van der Waals surface area (Å²) < 4.78 is 17.1. The average molecular weight is 800 g/mol. The molecule has 0 aliphatic heterocycles. The first-order valence-corrected chi connectivity index (χ1v) is 22.8. The Morgan fingerprint density at radius 1 is 0.544 bits per heavy atom. The monoisotopic (exact) mass is 800 g/mol. The van der Waals surface area contributed by atoms with Gasteiger partial charge in [-0.1, -0.05) is 164 Å². The molecule has 0 N–H and O–H groups in total. The van der Waals surface area contributed by atoms with E-state index in [1.165, 1.54) is 64.2 Å². The first-order valence-electron chi connectivity index (χ1n) is 22.8. The smallest absolute Gasteiger partial charge is 0.306 e. The summed E-state index contributed by atoms with van der Waals surface area (Å²) in [7, 11) is 5.40. The third-order valence-electron chi connectivity index (χ3n) is 9.92. The number of unbranched alkanes of at least 4 members (excludes halogenated alkanes) is 16. The maximum absolute atomic E-state index is 12.7. The molecule has 328 valence electrons. The number of allylic oxidation sites excluding steroid dienone is 10. The topological polar surface area (TPSA) is 102 Å². The lowest BCUT2D eigenvalue weighted by molar-refractivity contribution is -0.889. The average Bonchev–Trinajstić information content (AvgIpc) is 3.17. The second kappa shape index (κ2) is 39.8. The van der Waals surface area contributed by atoms with Crippen LogP contribution in [0.5, 0.6) is 0 Å². The van der Waals surface area contributed by atoms with Gasteiger partial charge in [-0.15, -0.1) is 0 Å². The Hall–Kier alpha value is -2.97. The zero-order chi connectivity index (χ0) is 42.1. The van der Waals surface area contributed by atoms with Gasteiger partial charge in [0.05, 0.1) is 40.3 Å². The molecule has 2 atom stereocenters. The summed E-state index contributed by atoms with van der Waals surface area (Å²) in [4.78, 5) is 36.8. The van der Waals surface area contributed by atoms with Gasteiger partial charge >= 0.3 is 11.9 Å². The first-order chi connectivity index (χ1) is 27.6. The lowest BCUT2D eigenvalue weighted by Crippen LogP contribution is -2.55. The predicted octanol–water partition coefficient (Wildman–Crippen LogP) is 11.2. The standard InChI is InChI=1S/C49H85NO7/c1-6-8-10-12-14-16-18-19-20-21-22-23-24-25-26-27-28-30-31-33-35-37-39-47(51)56-44-45(43-55-42-41-46(49(53)54)50(3,4)5)57-48(52)40-38-36-34-32-29-17-15-13-11-9-7-2/h8,10,14,16,19-20,22-23,25-26,45-46H,6-7,9,11-13,15,17-18,21,24,27-44H2,1-5H3/b10-8+,16-14+,20-19+,23-22+,26-25+. The molecule has 0 aromatic rings. The molecule has 0 rings (SSSR count). The van der Waals surface area contributed by atoms with E-state index in [4.69, 9.17) is 14.2 Å². The molecule has 0 radical (unpaired) electrons. The maximum atomic E-state index is 12.7. The number of likely N-dealkylation sites (N-methyl/N-ethyl adjacent to an activating group) is 1. The van der Waals surface area contributed by atoms with Gasteiger partial charge in [0, 0.05) is 19.3 Å². The zero-order valence-corrected chi connectivity index (χ0v) is 37.2. The molecule has 0 aromatic heterocycles. The number of quaternary nitrogens is 1. The summed E-state index contributed by atoms with van der Waals surface area (Å²) >= 11 is 0. The van der Waals surface area contributed by atoms with Gasteiger partial charge in [-0.2, -0.15) is 0 Å². The Kier molecular flexibility index (Phi) is 37.8.